The van der Waals surface area contributed by atoms with Crippen LogP contribution in [0.15, 0.2) is 58.4 Å². The van der Waals surface area contributed by atoms with E-state index in [1.807, 2.05) is 25.1 Å². The van der Waals surface area contributed by atoms with Gasteiger partial charge in [0.1, 0.15) is 17.5 Å². The van der Waals surface area contributed by atoms with Gasteiger partial charge in [0.25, 0.3) is 5.91 Å². The lowest BCUT2D eigenvalue weighted by molar-refractivity contribution is -0.149. The van der Waals surface area contributed by atoms with Gasteiger partial charge in [0.15, 0.2) is 6.61 Å². The van der Waals surface area contributed by atoms with Crippen molar-refractivity contribution in [3.05, 3.63) is 74.2 Å². The first kappa shape index (κ1) is 24.8. The predicted molar refractivity (Wildman–Crippen MR) is 136 cm³/mol. The minimum Gasteiger partial charge on any atom is -0.484 e. The third-order valence-corrected chi connectivity index (χ3v) is 8.62. The van der Waals surface area contributed by atoms with Gasteiger partial charge in [-0.1, -0.05) is 53.4 Å². The van der Waals surface area contributed by atoms with Gasteiger partial charge in [-0.3, -0.25) is 28.9 Å². The number of carbonyl (C=O) groups is 4. The zero-order chi connectivity index (χ0) is 26.3. The van der Waals surface area contributed by atoms with Crippen LogP contribution in [-0.4, -0.2) is 57.1 Å². The Labute approximate surface area is 218 Å². The molecule has 2 aliphatic rings. The SMILES string of the molecule is Cc1ccccc1NC(=O)COc1cccc([C@@H]2c3sc(=O)[nH]c3SC3C(=O)N(CC(=O)O)C(=O)C32)c1. The van der Waals surface area contributed by atoms with Gasteiger partial charge in [-0.2, -0.15) is 0 Å². The third-order valence-electron chi connectivity index (χ3n) is 6.21. The summed E-state index contributed by atoms with van der Waals surface area (Å²) in [5.74, 6) is -3.99. The number of anilines is 1. The number of carboxylic acids is 1. The summed E-state index contributed by atoms with van der Waals surface area (Å²) in [4.78, 5) is 65.9. The molecule has 3 atom stereocenters. The number of H-pyrrole nitrogens is 1. The number of imide groups is 1. The molecule has 190 valence electrons. The highest BCUT2D eigenvalue weighted by Gasteiger charge is 2.56. The van der Waals surface area contributed by atoms with Gasteiger partial charge in [0.2, 0.25) is 11.8 Å². The number of hydrogen-bond donors (Lipinski definition) is 3. The Hall–Kier alpha value is -3.90. The fourth-order valence-electron chi connectivity index (χ4n) is 4.57. The van der Waals surface area contributed by atoms with Crippen LogP contribution in [0, 0.1) is 12.8 Å². The number of likely N-dealkylation sites (tertiary alicyclic amines) is 1. The lowest BCUT2D eigenvalue weighted by Crippen LogP contribution is -2.36. The standard InChI is InChI=1S/C25H21N3O7S2/c1-12-5-2-3-8-15(12)26-16(29)11-35-14-7-4-6-13(9-14)18-19-21(36-22-20(18)37-25(34)27-22)24(33)28(23(19)32)10-17(30)31/h2-9,18-19,21H,10-11H2,1H3,(H,26,29)(H,27,34)(H,30,31)/t18-,19?,21?/m0/s1. The summed E-state index contributed by atoms with van der Waals surface area (Å²) in [5.41, 5.74) is 2.21. The molecule has 1 saturated heterocycles. The Morgan fingerprint density at radius 2 is 1.89 bits per heavy atom. The molecule has 3 aromatic rings. The van der Waals surface area contributed by atoms with Crippen molar-refractivity contribution in [1.29, 1.82) is 0 Å². The number of thioether (sulfide) groups is 1. The number of nitrogens with one attached hydrogen (secondary N) is 2. The molecule has 1 aromatic heterocycles. The molecule has 3 amide bonds. The van der Waals surface area contributed by atoms with Crippen LogP contribution in [0.1, 0.15) is 21.9 Å². The van der Waals surface area contributed by atoms with Crippen molar-refractivity contribution in [2.24, 2.45) is 5.92 Å². The number of para-hydroxylation sites is 1. The van der Waals surface area contributed by atoms with Crippen LogP contribution in [0.3, 0.4) is 0 Å². The summed E-state index contributed by atoms with van der Waals surface area (Å²) in [6.07, 6.45) is 0. The quantitative estimate of drug-likeness (QED) is 0.388. The van der Waals surface area contributed by atoms with Crippen LogP contribution < -0.4 is 14.9 Å². The number of benzene rings is 2. The molecule has 2 unspecified atom stereocenters. The van der Waals surface area contributed by atoms with Crippen molar-refractivity contribution >= 4 is 52.5 Å². The molecule has 3 N–H and O–H groups in total. The first-order valence-corrected chi connectivity index (χ1v) is 13.0. The Morgan fingerprint density at radius 1 is 1.11 bits per heavy atom. The number of thiazole rings is 1. The molecule has 0 spiro atoms. The van der Waals surface area contributed by atoms with E-state index in [2.05, 4.69) is 10.3 Å². The number of carboxylic acid groups (broad SMARTS) is 1. The van der Waals surface area contributed by atoms with E-state index in [4.69, 9.17) is 4.74 Å². The number of fused-ring (bicyclic) bond motifs is 2. The zero-order valence-corrected chi connectivity index (χ0v) is 21.1. The topological polar surface area (TPSA) is 146 Å². The third kappa shape index (κ3) is 4.77. The van der Waals surface area contributed by atoms with Crippen molar-refractivity contribution < 1.29 is 29.0 Å². The average Bonchev–Trinajstić information content (AvgIpc) is 3.34. The van der Waals surface area contributed by atoms with E-state index in [-0.39, 0.29) is 17.4 Å². The summed E-state index contributed by atoms with van der Waals surface area (Å²) in [7, 11) is 0. The first-order valence-electron chi connectivity index (χ1n) is 11.3. The molecule has 3 heterocycles. The van der Waals surface area contributed by atoms with Crippen LogP contribution in [0.5, 0.6) is 5.75 Å². The second-order valence-electron chi connectivity index (χ2n) is 8.63. The molecule has 12 heteroatoms. The number of ether oxygens (including phenoxy) is 1. The second-order valence-corrected chi connectivity index (χ2v) is 10.8. The maximum absolute atomic E-state index is 13.2. The molecular formula is C25H21N3O7S2. The molecule has 2 aliphatic heterocycles. The summed E-state index contributed by atoms with van der Waals surface area (Å²) in [6.45, 7) is 0.907. The highest BCUT2D eigenvalue weighted by atomic mass is 32.2. The normalized spacial score (nSPS) is 20.4. The molecule has 10 nitrogen and oxygen atoms in total. The summed E-state index contributed by atoms with van der Waals surface area (Å²) in [5, 5.41) is 11.6. The Kier molecular flexibility index (Phi) is 6.61. The second kappa shape index (κ2) is 9.87. The summed E-state index contributed by atoms with van der Waals surface area (Å²) in [6, 6.07) is 14.2. The highest BCUT2D eigenvalue weighted by molar-refractivity contribution is 8.00. The smallest absolute Gasteiger partial charge is 0.323 e. The number of hydrogen-bond acceptors (Lipinski definition) is 8. The van der Waals surface area contributed by atoms with Gasteiger partial charge in [-0.15, -0.1) is 0 Å². The molecule has 37 heavy (non-hydrogen) atoms. The van der Waals surface area contributed by atoms with E-state index in [1.165, 1.54) is 0 Å². The first-order chi connectivity index (χ1) is 17.7. The maximum Gasteiger partial charge on any atom is 0.323 e. The van der Waals surface area contributed by atoms with Crippen LogP contribution in [0.4, 0.5) is 5.69 Å². The molecule has 0 radical (unpaired) electrons. The minimum atomic E-state index is -1.29. The minimum absolute atomic E-state index is 0.253. The number of aliphatic carboxylic acids is 1. The number of rotatable bonds is 7. The largest absolute Gasteiger partial charge is 0.484 e. The van der Waals surface area contributed by atoms with Gasteiger partial charge in [-0.25, -0.2) is 0 Å². The Balaban J connectivity index is 1.41. The van der Waals surface area contributed by atoms with E-state index in [0.717, 1.165) is 33.6 Å². The highest BCUT2D eigenvalue weighted by Crippen LogP contribution is 2.52. The van der Waals surface area contributed by atoms with Crippen molar-refractivity contribution in [1.82, 2.24) is 9.88 Å². The van der Waals surface area contributed by atoms with Crippen molar-refractivity contribution in [2.45, 2.75) is 23.1 Å². The number of amides is 3. The van der Waals surface area contributed by atoms with E-state index in [1.54, 1.807) is 30.3 Å². The predicted octanol–water partition coefficient (Wildman–Crippen LogP) is 2.44. The van der Waals surface area contributed by atoms with Gasteiger partial charge in [0, 0.05) is 16.5 Å². The number of aromatic amines is 1. The maximum atomic E-state index is 13.2. The van der Waals surface area contributed by atoms with E-state index < -0.39 is 41.4 Å². The van der Waals surface area contributed by atoms with Crippen molar-refractivity contribution in [2.75, 3.05) is 18.5 Å². The summed E-state index contributed by atoms with van der Waals surface area (Å²) >= 11 is 2.03. The van der Waals surface area contributed by atoms with Crippen LogP contribution in [0.25, 0.3) is 0 Å². The summed E-state index contributed by atoms with van der Waals surface area (Å²) < 4.78 is 5.71. The molecule has 2 aromatic carbocycles. The Morgan fingerprint density at radius 3 is 2.65 bits per heavy atom. The van der Waals surface area contributed by atoms with E-state index in [9.17, 15) is 29.1 Å². The molecular weight excluding hydrogens is 518 g/mol. The fraction of sp³-hybridized carbons (Fsp3) is 0.240. The van der Waals surface area contributed by atoms with E-state index >= 15 is 0 Å². The lowest BCUT2D eigenvalue weighted by Gasteiger charge is -2.30. The van der Waals surface area contributed by atoms with Crippen molar-refractivity contribution in [3.8, 4) is 5.75 Å². The molecule has 5 rings (SSSR count). The van der Waals surface area contributed by atoms with Gasteiger partial charge in [0.05, 0.1) is 10.9 Å². The molecule has 1 fully saturated rings. The van der Waals surface area contributed by atoms with Crippen LogP contribution in [-0.2, 0) is 19.2 Å². The molecule has 0 bridgehead atoms. The lowest BCUT2D eigenvalue weighted by atomic mass is 9.83. The van der Waals surface area contributed by atoms with Crippen LogP contribution >= 0.6 is 23.1 Å². The Bertz CT molecular complexity index is 1480. The average molecular weight is 540 g/mol. The number of aromatic nitrogens is 1. The zero-order valence-electron chi connectivity index (χ0n) is 19.4. The molecule has 0 saturated carbocycles. The molecule has 0 aliphatic carbocycles. The monoisotopic (exact) mass is 539 g/mol. The number of nitrogens with zero attached hydrogens (tertiary/aromatic N) is 1. The van der Waals surface area contributed by atoms with Gasteiger partial charge in [-0.05, 0) is 36.2 Å². The number of carbonyl (C=O) groups excluding carboxylic acids is 3. The van der Waals surface area contributed by atoms with Crippen molar-refractivity contribution in [3.63, 3.8) is 0 Å². The van der Waals surface area contributed by atoms with E-state index in [0.29, 0.717) is 26.9 Å². The van der Waals surface area contributed by atoms with Crippen LogP contribution in [0.2, 0.25) is 0 Å². The fourth-order valence-corrected chi connectivity index (χ4v) is 7.11. The van der Waals surface area contributed by atoms with Gasteiger partial charge < -0.3 is 20.1 Å². The number of aryl methyl sites for hydroxylation is 1. The van der Waals surface area contributed by atoms with Gasteiger partial charge >= 0.3 is 10.8 Å².